The Balaban J connectivity index is 2.86. The van der Waals surface area contributed by atoms with E-state index in [-0.39, 0.29) is 31.5 Å². The number of alkyl halides is 3. The first-order valence-electron chi connectivity index (χ1n) is 3.91. The molecule has 0 unspecified atom stereocenters. The smallest absolute Gasteiger partial charge is 0.300 e. The summed E-state index contributed by atoms with van der Waals surface area (Å²) in [4.78, 5) is 10.7. The minimum absolute atomic E-state index is 0.132. The molecule has 1 saturated carbocycles. The maximum absolute atomic E-state index is 12.4. The molecule has 0 heterocycles. The molecule has 1 fully saturated rings. The Morgan fingerprint density at radius 3 is 2.08 bits per heavy atom. The normalized spacial score (nSPS) is 22.5. The first-order valence-corrected chi connectivity index (χ1v) is 3.91. The summed E-state index contributed by atoms with van der Waals surface area (Å²) in [5, 5.41) is 8.48. The van der Waals surface area contributed by atoms with Crippen LogP contribution in [0.15, 0.2) is 0 Å². The van der Waals surface area contributed by atoms with Gasteiger partial charge in [-0.1, -0.05) is 0 Å². The lowest BCUT2D eigenvalue weighted by Crippen LogP contribution is -2.40. The molecule has 0 aromatic rings. The SMILES string of the molecule is N#CC1(C(F)(F)F)CCC(=O)CC1. The highest BCUT2D eigenvalue weighted by molar-refractivity contribution is 5.79. The van der Waals surface area contributed by atoms with Crippen LogP contribution in [0.3, 0.4) is 0 Å². The first-order chi connectivity index (χ1) is 5.91. The van der Waals surface area contributed by atoms with Crippen molar-refractivity contribution in [3.63, 3.8) is 0 Å². The molecule has 0 bridgehead atoms. The molecule has 0 spiro atoms. The van der Waals surface area contributed by atoms with Crippen LogP contribution < -0.4 is 0 Å². The number of nitrogens with zero attached hydrogens (tertiary/aromatic N) is 1. The molecule has 0 N–H and O–H groups in total. The molecule has 0 aromatic carbocycles. The average Bonchev–Trinajstić information content (AvgIpc) is 2.04. The summed E-state index contributed by atoms with van der Waals surface area (Å²) in [5.41, 5.74) is -2.28. The van der Waals surface area contributed by atoms with Gasteiger partial charge in [0.15, 0.2) is 5.41 Å². The Hall–Kier alpha value is -1.05. The van der Waals surface area contributed by atoms with Crippen molar-refractivity contribution in [1.29, 1.82) is 5.26 Å². The van der Waals surface area contributed by atoms with Gasteiger partial charge < -0.3 is 0 Å². The van der Waals surface area contributed by atoms with E-state index in [2.05, 4.69) is 0 Å². The monoisotopic (exact) mass is 191 g/mol. The van der Waals surface area contributed by atoms with E-state index in [1.807, 2.05) is 0 Å². The third kappa shape index (κ3) is 1.67. The number of nitriles is 1. The lowest BCUT2D eigenvalue weighted by atomic mass is 9.74. The predicted molar refractivity (Wildman–Crippen MR) is 37.6 cm³/mol. The van der Waals surface area contributed by atoms with Gasteiger partial charge in [0.25, 0.3) is 0 Å². The van der Waals surface area contributed by atoms with E-state index >= 15 is 0 Å². The number of halogens is 3. The van der Waals surface area contributed by atoms with Gasteiger partial charge in [0.05, 0.1) is 6.07 Å². The van der Waals surface area contributed by atoms with E-state index in [9.17, 15) is 18.0 Å². The van der Waals surface area contributed by atoms with Crippen LogP contribution in [0.4, 0.5) is 13.2 Å². The lowest BCUT2D eigenvalue weighted by molar-refractivity contribution is -0.210. The van der Waals surface area contributed by atoms with Crippen LogP contribution in [0.2, 0.25) is 0 Å². The molecule has 1 aliphatic rings. The fourth-order valence-electron chi connectivity index (χ4n) is 1.41. The van der Waals surface area contributed by atoms with Gasteiger partial charge >= 0.3 is 6.18 Å². The second kappa shape index (κ2) is 3.02. The molecule has 0 atom stereocenters. The maximum Gasteiger partial charge on any atom is 0.407 e. The zero-order valence-corrected chi connectivity index (χ0v) is 6.82. The Kier molecular flexibility index (Phi) is 2.33. The summed E-state index contributed by atoms with van der Waals surface area (Å²) in [6.45, 7) is 0. The lowest BCUT2D eigenvalue weighted by Gasteiger charge is -2.31. The number of hydrogen-bond donors (Lipinski definition) is 0. The van der Waals surface area contributed by atoms with E-state index in [0.717, 1.165) is 0 Å². The van der Waals surface area contributed by atoms with Gasteiger partial charge in [-0.3, -0.25) is 4.79 Å². The largest absolute Gasteiger partial charge is 0.407 e. The highest BCUT2D eigenvalue weighted by Gasteiger charge is 2.56. The van der Waals surface area contributed by atoms with Crippen LogP contribution in [0, 0.1) is 16.7 Å². The minimum Gasteiger partial charge on any atom is -0.300 e. The van der Waals surface area contributed by atoms with Gasteiger partial charge in [-0.2, -0.15) is 18.4 Å². The van der Waals surface area contributed by atoms with Gasteiger partial charge in [0.2, 0.25) is 0 Å². The second-order valence-corrected chi connectivity index (χ2v) is 3.23. The first kappa shape index (κ1) is 10.0. The number of ketones is 1. The quantitative estimate of drug-likeness (QED) is 0.588. The Bertz CT molecular complexity index is 254. The molecule has 13 heavy (non-hydrogen) atoms. The van der Waals surface area contributed by atoms with Crippen LogP contribution in [0.5, 0.6) is 0 Å². The van der Waals surface area contributed by atoms with Crippen LogP contribution in [-0.4, -0.2) is 12.0 Å². The number of rotatable bonds is 0. The molecule has 0 amide bonds. The van der Waals surface area contributed by atoms with Gasteiger partial charge in [-0.05, 0) is 12.8 Å². The van der Waals surface area contributed by atoms with E-state index in [1.54, 1.807) is 0 Å². The van der Waals surface area contributed by atoms with Crippen molar-refractivity contribution in [2.24, 2.45) is 5.41 Å². The predicted octanol–water partition coefficient (Wildman–Crippen LogP) is 2.20. The topological polar surface area (TPSA) is 40.9 Å². The van der Waals surface area contributed by atoms with E-state index in [1.165, 1.54) is 6.07 Å². The Labute approximate surface area is 73.3 Å². The van der Waals surface area contributed by atoms with Crippen LogP contribution >= 0.6 is 0 Å². The maximum atomic E-state index is 12.4. The summed E-state index contributed by atoms with van der Waals surface area (Å²) in [6, 6.07) is 1.30. The molecule has 0 saturated heterocycles. The number of hydrogen-bond acceptors (Lipinski definition) is 2. The van der Waals surface area contributed by atoms with Crippen molar-refractivity contribution in [3.8, 4) is 6.07 Å². The number of carbonyl (C=O) groups excluding carboxylic acids is 1. The zero-order valence-electron chi connectivity index (χ0n) is 6.82. The van der Waals surface area contributed by atoms with Crippen molar-refractivity contribution in [3.05, 3.63) is 0 Å². The molecule has 1 rings (SSSR count). The van der Waals surface area contributed by atoms with Crippen molar-refractivity contribution in [2.75, 3.05) is 0 Å². The zero-order chi connectivity index (χ0) is 10.1. The highest BCUT2D eigenvalue weighted by Crippen LogP contribution is 2.47. The van der Waals surface area contributed by atoms with E-state index in [0.29, 0.717) is 0 Å². The molecule has 1 aliphatic carbocycles. The third-order valence-corrected chi connectivity index (χ3v) is 2.42. The number of carbonyl (C=O) groups is 1. The van der Waals surface area contributed by atoms with Gasteiger partial charge in [0, 0.05) is 12.8 Å². The second-order valence-electron chi connectivity index (χ2n) is 3.23. The third-order valence-electron chi connectivity index (χ3n) is 2.42. The van der Waals surface area contributed by atoms with E-state index < -0.39 is 11.6 Å². The van der Waals surface area contributed by atoms with Crippen LogP contribution in [0.1, 0.15) is 25.7 Å². The summed E-state index contributed by atoms with van der Waals surface area (Å²) >= 11 is 0. The van der Waals surface area contributed by atoms with Gasteiger partial charge in [-0.15, -0.1) is 0 Å². The van der Waals surface area contributed by atoms with Gasteiger partial charge in [-0.25, -0.2) is 0 Å². The molecular weight excluding hydrogens is 183 g/mol. The van der Waals surface area contributed by atoms with Crippen molar-refractivity contribution in [1.82, 2.24) is 0 Å². The Morgan fingerprint density at radius 2 is 1.77 bits per heavy atom. The molecule has 0 radical (unpaired) electrons. The van der Waals surface area contributed by atoms with Crippen molar-refractivity contribution < 1.29 is 18.0 Å². The molecule has 0 aromatic heterocycles. The molecule has 2 nitrogen and oxygen atoms in total. The van der Waals surface area contributed by atoms with Crippen LogP contribution in [0.25, 0.3) is 0 Å². The molecular formula is C8H8F3NO. The summed E-state index contributed by atoms with van der Waals surface area (Å²) < 4.78 is 37.2. The molecule has 72 valence electrons. The fraction of sp³-hybridized carbons (Fsp3) is 0.750. The highest BCUT2D eigenvalue weighted by atomic mass is 19.4. The molecule has 0 aliphatic heterocycles. The minimum atomic E-state index is -4.51. The van der Waals surface area contributed by atoms with Crippen LogP contribution in [-0.2, 0) is 4.79 Å². The molecule has 5 heteroatoms. The summed E-state index contributed by atoms with van der Waals surface area (Å²) in [7, 11) is 0. The van der Waals surface area contributed by atoms with Gasteiger partial charge in [0.1, 0.15) is 5.78 Å². The summed E-state index contributed by atoms with van der Waals surface area (Å²) in [5.74, 6) is -0.185. The standard InChI is InChI=1S/C8H8F3NO/c9-8(10,11)7(5-12)3-1-6(13)2-4-7/h1-4H2. The fourth-order valence-corrected chi connectivity index (χ4v) is 1.41. The van der Waals surface area contributed by atoms with E-state index in [4.69, 9.17) is 5.26 Å². The van der Waals surface area contributed by atoms with Crippen molar-refractivity contribution >= 4 is 5.78 Å². The number of Topliss-reactive ketones (excluding diaryl/α,β-unsaturated/α-hetero) is 1. The summed E-state index contributed by atoms with van der Waals surface area (Å²) in [6.07, 6.45) is -5.54. The average molecular weight is 191 g/mol. The Morgan fingerprint density at radius 1 is 1.31 bits per heavy atom. The van der Waals surface area contributed by atoms with Crippen molar-refractivity contribution in [2.45, 2.75) is 31.9 Å².